The van der Waals surface area contributed by atoms with Gasteiger partial charge in [-0.25, -0.2) is 17.5 Å². The number of aromatic nitrogens is 2. The number of nitrogens with one attached hydrogen (secondary N) is 1. The summed E-state index contributed by atoms with van der Waals surface area (Å²) in [5.74, 6) is -0.587. The number of anilines is 1. The SMILES string of the molecule is CN(CC(=O)Nc1ccnn1Cc1ccc(C(C)(C)C)cc1)S(=O)(=O)c1ccc(F)cc1. The molecular formula is C23H27FN4O3S. The molecule has 1 heterocycles. The molecule has 0 saturated heterocycles. The standard InChI is InChI=1S/C23H27FN4O3S/c1-23(2,3)18-7-5-17(6-8-18)15-28-21(13-14-25-28)26-22(29)16-27(4)32(30,31)20-11-9-19(24)10-12-20/h5-14H,15-16H2,1-4H3,(H,26,29). The Morgan fingerprint density at radius 1 is 1.06 bits per heavy atom. The molecule has 170 valence electrons. The lowest BCUT2D eigenvalue weighted by atomic mass is 9.87. The average Bonchev–Trinajstić information content (AvgIpc) is 3.14. The molecule has 3 rings (SSSR count). The van der Waals surface area contributed by atoms with Gasteiger partial charge in [0.25, 0.3) is 0 Å². The number of nitrogens with zero attached hydrogens (tertiary/aromatic N) is 3. The molecule has 1 aromatic heterocycles. The first-order valence-corrected chi connectivity index (χ1v) is 11.5. The van der Waals surface area contributed by atoms with Gasteiger partial charge >= 0.3 is 0 Å². The normalized spacial score (nSPS) is 12.2. The van der Waals surface area contributed by atoms with E-state index in [1.807, 2.05) is 12.1 Å². The Labute approximate surface area is 187 Å². The van der Waals surface area contributed by atoms with Crippen molar-refractivity contribution in [2.24, 2.45) is 0 Å². The van der Waals surface area contributed by atoms with E-state index in [1.165, 1.54) is 24.7 Å². The number of likely N-dealkylation sites (N-methyl/N-ethyl adjacent to an activating group) is 1. The molecule has 0 atom stereocenters. The van der Waals surface area contributed by atoms with Gasteiger partial charge in [0, 0.05) is 13.1 Å². The topological polar surface area (TPSA) is 84.3 Å². The Balaban J connectivity index is 1.65. The molecule has 0 spiro atoms. The van der Waals surface area contributed by atoms with Crippen molar-refractivity contribution in [2.45, 2.75) is 37.6 Å². The molecule has 1 N–H and O–H groups in total. The van der Waals surface area contributed by atoms with Crippen molar-refractivity contribution in [1.29, 1.82) is 0 Å². The van der Waals surface area contributed by atoms with Crippen molar-refractivity contribution in [2.75, 3.05) is 18.9 Å². The van der Waals surface area contributed by atoms with E-state index in [4.69, 9.17) is 0 Å². The summed E-state index contributed by atoms with van der Waals surface area (Å²) in [5, 5.41) is 6.96. The first-order chi connectivity index (χ1) is 15.0. The number of amides is 1. The highest BCUT2D eigenvalue weighted by Gasteiger charge is 2.23. The Morgan fingerprint density at radius 3 is 2.28 bits per heavy atom. The molecular weight excluding hydrogens is 431 g/mol. The fourth-order valence-corrected chi connectivity index (χ4v) is 4.23. The minimum Gasteiger partial charge on any atom is -0.310 e. The third kappa shape index (κ3) is 5.60. The zero-order valence-corrected chi connectivity index (χ0v) is 19.4. The van der Waals surface area contributed by atoms with Crippen molar-refractivity contribution in [3.63, 3.8) is 0 Å². The molecule has 2 aromatic carbocycles. The van der Waals surface area contributed by atoms with Crippen LogP contribution in [0.15, 0.2) is 65.7 Å². The zero-order chi connectivity index (χ0) is 23.5. The lowest BCUT2D eigenvalue weighted by Crippen LogP contribution is -2.35. The van der Waals surface area contributed by atoms with Gasteiger partial charge in [-0.05, 0) is 40.8 Å². The highest BCUT2D eigenvalue weighted by atomic mass is 32.2. The maximum Gasteiger partial charge on any atom is 0.243 e. The van der Waals surface area contributed by atoms with Crippen LogP contribution in [0, 0.1) is 5.82 Å². The number of benzene rings is 2. The van der Waals surface area contributed by atoms with Gasteiger partial charge in [0.1, 0.15) is 11.6 Å². The van der Waals surface area contributed by atoms with Crippen LogP contribution >= 0.6 is 0 Å². The molecule has 3 aromatic rings. The minimum absolute atomic E-state index is 0.0592. The van der Waals surface area contributed by atoms with Gasteiger partial charge in [0.05, 0.1) is 24.2 Å². The van der Waals surface area contributed by atoms with Gasteiger partial charge in [-0.2, -0.15) is 9.40 Å². The first kappa shape index (κ1) is 23.6. The monoisotopic (exact) mass is 458 g/mol. The predicted molar refractivity (Wildman–Crippen MR) is 121 cm³/mol. The molecule has 0 aliphatic carbocycles. The second kappa shape index (κ2) is 9.22. The van der Waals surface area contributed by atoms with Crippen LogP contribution in [0.25, 0.3) is 0 Å². The number of halogens is 1. The van der Waals surface area contributed by atoms with Crippen LogP contribution in [0.5, 0.6) is 0 Å². The Hall–Kier alpha value is -3.04. The van der Waals surface area contributed by atoms with E-state index in [9.17, 15) is 17.6 Å². The average molecular weight is 459 g/mol. The summed E-state index contributed by atoms with van der Waals surface area (Å²) >= 11 is 0. The van der Waals surface area contributed by atoms with Gasteiger partial charge in [-0.1, -0.05) is 45.0 Å². The lowest BCUT2D eigenvalue weighted by molar-refractivity contribution is -0.116. The van der Waals surface area contributed by atoms with E-state index in [0.29, 0.717) is 12.4 Å². The van der Waals surface area contributed by atoms with Crippen LogP contribution in [0.3, 0.4) is 0 Å². The van der Waals surface area contributed by atoms with Crippen molar-refractivity contribution in [3.8, 4) is 0 Å². The van der Waals surface area contributed by atoms with Crippen molar-refractivity contribution in [1.82, 2.24) is 14.1 Å². The Morgan fingerprint density at radius 2 is 1.69 bits per heavy atom. The van der Waals surface area contributed by atoms with Crippen molar-refractivity contribution < 1.29 is 17.6 Å². The third-order valence-electron chi connectivity index (χ3n) is 5.02. The number of carbonyl (C=O) groups excluding carboxylic acids is 1. The Bertz CT molecular complexity index is 1180. The molecule has 9 heteroatoms. The van der Waals surface area contributed by atoms with E-state index in [0.717, 1.165) is 22.0 Å². The molecule has 0 saturated carbocycles. The number of hydrogen-bond acceptors (Lipinski definition) is 4. The van der Waals surface area contributed by atoms with Crippen LogP contribution in [0.2, 0.25) is 0 Å². The fraction of sp³-hybridized carbons (Fsp3) is 0.304. The Kier molecular flexibility index (Phi) is 6.80. The van der Waals surface area contributed by atoms with Gasteiger partial charge < -0.3 is 5.32 Å². The summed E-state index contributed by atoms with van der Waals surface area (Å²) in [6, 6.07) is 14.3. The van der Waals surface area contributed by atoms with Crippen molar-refractivity contribution in [3.05, 3.63) is 77.7 Å². The summed E-state index contributed by atoms with van der Waals surface area (Å²) in [6.07, 6.45) is 1.57. The molecule has 0 unspecified atom stereocenters. The van der Waals surface area contributed by atoms with Crippen LogP contribution in [0.4, 0.5) is 10.2 Å². The second-order valence-corrected chi connectivity index (χ2v) is 10.6. The number of carbonyl (C=O) groups is 1. The van der Waals surface area contributed by atoms with E-state index in [-0.39, 0.29) is 10.3 Å². The fourth-order valence-electron chi connectivity index (χ4n) is 3.10. The van der Waals surface area contributed by atoms with Gasteiger partial charge in [-0.15, -0.1) is 0 Å². The summed E-state index contributed by atoms with van der Waals surface area (Å²) in [4.78, 5) is 12.4. The summed E-state index contributed by atoms with van der Waals surface area (Å²) in [6.45, 7) is 6.51. The minimum atomic E-state index is -3.92. The number of hydrogen-bond donors (Lipinski definition) is 1. The molecule has 0 bridgehead atoms. The summed E-state index contributed by atoms with van der Waals surface area (Å²) < 4.78 is 40.8. The van der Waals surface area contributed by atoms with Gasteiger partial charge in [0.2, 0.25) is 15.9 Å². The molecule has 0 radical (unpaired) electrons. The molecule has 0 aliphatic rings. The van der Waals surface area contributed by atoms with Crippen LogP contribution < -0.4 is 5.32 Å². The predicted octanol–water partition coefficient (Wildman–Crippen LogP) is 3.63. The number of sulfonamides is 1. The van der Waals surface area contributed by atoms with Gasteiger partial charge in [-0.3, -0.25) is 4.79 Å². The number of rotatable bonds is 7. The van der Waals surface area contributed by atoms with Crippen LogP contribution in [-0.2, 0) is 26.8 Å². The molecule has 0 aliphatic heterocycles. The highest BCUT2D eigenvalue weighted by molar-refractivity contribution is 7.89. The zero-order valence-electron chi connectivity index (χ0n) is 18.5. The molecule has 1 amide bonds. The molecule has 32 heavy (non-hydrogen) atoms. The largest absolute Gasteiger partial charge is 0.310 e. The van der Waals surface area contributed by atoms with E-state index >= 15 is 0 Å². The quantitative estimate of drug-likeness (QED) is 0.586. The smallest absolute Gasteiger partial charge is 0.243 e. The van der Waals surface area contributed by atoms with E-state index in [2.05, 4.69) is 43.3 Å². The maximum absolute atomic E-state index is 13.1. The van der Waals surface area contributed by atoms with Crippen molar-refractivity contribution >= 4 is 21.7 Å². The third-order valence-corrected chi connectivity index (χ3v) is 6.84. The maximum atomic E-state index is 13.1. The molecule has 7 nitrogen and oxygen atoms in total. The molecule has 0 fully saturated rings. The summed E-state index contributed by atoms with van der Waals surface area (Å²) in [7, 11) is -2.62. The van der Waals surface area contributed by atoms with Crippen LogP contribution in [0.1, 0.15) is 31.9 Å². The van der Waals surface area contributed by atoms with Gasteiger partial charge in [0.15, 0.2) is 0 Å². The first-order valence-electron chi connectivity index (χ1n) is 10.1. The van der Waals surface area contributed by atoms with Crippen LogP contribution in [-0.4, -0.2) is 42.0 Å². The second-order valence-electron chi connectivity index (χ2n) is 8.58. The summed E-state index contributed by atoms with van der Waals surface area (Å²) in [5.41, 5.74) is 2.30. The lowest BCUT2D eigenvalue weighted by Gasteiger charge is -2.19. The van der Waals surface area contributed by atoms with E-state index < -0.39 is 28.3 Å². The highest BCUT2D eigenvalue weighted by Crippen LogP contribution is 2.23. The van der Waals surface area contributed by atoms with E-state index in [1.54, 1.807) is 16.9 Å².